The van der Waals surface area contributed by atoms with Gasteiger partial charge in [0.1, 0.15) is 23.3 Å². The number of aromatic nitrogens is 2. The standard InChI is InChI=1S/C30H36F2N4O2/c31-24-6-2-5-22(14-24)26-19-35(27(30(37)38)13-20-3-1-4-20)17-23(26)16-34-11-9-21(10-12-34)28-15-33-29-8-7-25(32)18-36(28)29/h2,5-8,14-15,18,20-21,23,26-27H,1,3-4,9-13,16-17,19H2,(H,37,38)/t23?,26-,27-/m1/s1. The third-order valence-corrected chi connectivity index (χ3v) is 9.25. The number of carboxylic acid groups (broad SMARTS) is 1. The Morgan fingerprint density at radius 2 is 1.87 bits per heavy atom. The Morgan fingerprint density at radius 3 is 2.58 bits per heavy atom. The zero-order valence-electron chi connectivity index (χ0n) is 21.7. The molecule has 3 aromatic rings. The number of hydrogen-bond donors (Lipinski definition) is 1. The van der Waals surface area contributed by atoms with Crippen LogP contribution in [0.15, 0.2) is 48.8 Å². The van der Waals surface area contributed by atoms with E-state index in [1.165, 1.54) is 24.8 Å². The lowest BCUT2D eigenvalue weighted by Gasteiger charge is -2.35. The molecule has 0 bridgehead atoms. The van der Waals surface area contributed by atoms with Crippen LogP contribution in [0.2, 0.25) is 0 Å². The first-order chi connectivity index (χ1) is 18.4. The molecular formula is C30H36F2N4O2. The molecule has 1 aromatic carbocycles. The minimum Gasteiger partial charge on any atom is -0.480 e. The largest absolute Gasteiger partial charge is 0.480 e. The van der Waals surface area contributed by atoms with Crippen molar-refractivity contribution < 1.29 is 18.7 Å². The number of rotatable bonds is 8. The molecule has 1 saturated carbocycles. The van der Waals surface area contributed by atoms with Crippen LogP contribution < -0.4 is 0 Å². The Bertz CT molecular complexity index is 1280. The van der Waals surface area contributed by atoms with E-state index in [9.17, 15) is 18.7 Å². The minimum atomic E-state index is -0.735. The SMILES string of the molecule is O=C(O)[C@@H](CC1CCC1)N1CC(CN2CCC(c3cnc4ccc(F)cn34)CC2)[C@@H](c2cccc(F)c2)C1. The lowest BCUT2D eigenvalue weighted by Crippen LogP contribution is -2.43. The first-order valence-corrected chi connectivity index (χ1v) is 14.0. The maximum absolute atomic E-state index is 14.2. The Balaban J connectivity index is 1.15. The van der Waals surface area contributed by atoms with E-state index in [0.29, 0.717) is 24.8 Å². The molecule has 0 amide bonds. The van der Waals surface area contributed by atoms with Gasteiger partial charge in [0, 0.05) is 49.6 Å². The van der Waals surface area contributed by atoms with E-state index in [4.69, 9.17) is 0 Å². The molecule has 8 heteroatoms. The van der Waals surface area contributed by atoms with Gasteiger partial charge in [-0.05, 0) is 74.0 Å². The lowest BCUT2D eigenvalue weighted by molar-refractivity contribution is -0.144. The fourth-order valence-corrected chi connectivity index (χ4v) is 6.93. The van der Waals surface area contributed by atoms with Crippen LogP contribution in [0, 0.1) is 23.5 Å². The van der Waals surface area contributed by atoms with E-state index >= 15 is 0 Å². The number of likely N-dealkylation sites (tertiary alicyclic amines) is 2. The van der Waals surface area contributed by atoms with E-state index in [1.54, 1.807) is 18.2 Å². The molecule has 6 rings (SSSR count). The summed E-state index contributed by atoms with van der Waals surface area (Å²) in [5.74, 6) is -0.0683. The number of nitrogens with zero attached hydrogens (tertiary/aromatic N) is 4. The number of pyridine rings is 1. The molecule has 0 spiro atoms. The molecule has 1 N–H and O–H groups in total. The van der Waals surface area contributed by atoms with Crippen LogP contribution in [-0.2, 0) is 4.79 Å². The number of carbonyl (C=O) groups is 1. The molecule has 3 aliphatic rings. The molecular weight excluding hydrogens is 486 g/mol. The van der Waals surface area contributed by atoms with Gasteiger partial charge in [0.15, 0.2) is 0 Å². The highest BCUT2D eigenvalue weighted by atomic mass is 19.1. The van der Waals surface area contributed by atoms with Crippen molar-refractivity contribution in [2.75, 3.05) is 32.7 Å². The Hall–Kier alpha value is -2.84. The highest BCUT2D eigenvalue weighted by molar-refractivity contribution is 5.73. The minimum absolute atomic E-state index is 0.105. The average molecular weight is 523 g/mol. The summed E-state index contributed by atoms with van der Waals surface area (Å²) < 4.78 is 29.9. The van der Waals surface area contributed by atoms with Crippen molar-refractivity contribution in [2.24, 2.45) is 11.8 Å². The predicted molar refractivity (Wildman–Crippen MR) is 141 cm³/mol. The molecule has 2 aromatic heterocycles. The van der Waals surface area contributed by atoms with Crippen molar-refractivity contribution in [3.8, 4) is 0 Å². The number of fused-ring (bicyclic) bond motifs is 1. The van der Waals surface area contributed by atoms with E-state index in [-0.39, 0.29) is 23.5 Å². The van der Waals surface area contributed by atoms with Crippen LogP contribution in [0.3, 0.4) is 0 Å². The van der Waals surface area contributed by atoms with E-state index < -0.39 is 12.0 Å². The summed E-state index contributed by atoms with van der Waals surface area (Å²) in [6, 6.07) is 9.53. The van der Waals surface area contributed by atoms with Crippen LogP contribution in [-0.4, -0.2) is 69.0 Å². The molecule has 0 radical (unpaired) electrons. The number of benzene rings is 1. The van der Waals surface area contributed by atoms with Gasteiger partial charge in [-0.2, -0.15) is 0 Å². The lowest BCUT2D eigenvalue weighted by atomic mass is 9.80. The van der Waals surface area contributed by atoms with Crippen molar-refractivity contribution in [2.45, 2.75) is 56.4 Å². The number of imidazole rings is 1. The van der Waals surface area contributed by atoms with E-state index in [0.717, 1.165) is 68.8 Å². The molecule has 2 saturated heterocycles. The predicted octanol–water partition coefficient (Wildman–Crippen LogP) is 5.15. The van der Waals surface area contributed by atoms with Crippen molar-refractivity contribution in [3.05, 3.63) is 71.7 Å². The van der Waals surface area contributed by atoms with Gasteiger partial charge in [0.05, 0.1) is 0 Å². The van der Waals surface area contributed by atoms with Crippen LogP contribution in [0.5, 0.6) is 0 Å². The van der Waals surface area contributed by atoms with Gasteiger partial charge >= 0.3 is 5.97 Å². The summed E-state index contributed by atoms with van der Waals surface area (Å²) in [6.45, 7) is 4.08. The van der Waals surface area contributed by atoms with Gasteiger partial charge in [-0.15, -0.1) is 0 Å². The van der Waals surface area contributed by atoms with Gasteiger partial charge in [0.2, 0.25) is 0 Å². The van der Waals surface area contributed by atoms with Crippen molar-refractivity contribution in [3.63, 3.8) is 0 Å². The van der Waals surface area contributed by atoms with Crippen LogP contribution in [0.25, 0.3) is 5.65 Å². The van der Waals surface area contributed by atoms with Crippen molar-refractivity contribution >= 4 is 11.6 Å². The van der Waals surface area contributed by atoms with Gasteiger partial charge in [-0.1, -0.05) is 31.4 Å². The molecule has 3 atom stereocenters. The second-order valence-corrected chi connectivity index (χ2v) is 11.6. The molecule has 3 fully saturated rings. The number of hydrogen-bond acceptors (Lipinski definition) is 4. The van der Waals surface area contributed by atoms with Gasteiger partial charge in [-0.3, -0.25) is 9.69 Å². The summed E-state index contributed by atoms with van der Waals surface area (Å²) in [5, 5.41) is 10.1. The Kier molecular flexibility index (Phi) is 7.18. The quantitative estimate of drug-likeness (QED) is 0.443. The maximum Gasteiger partial charge on any atom is 0.320 e. The zero-order chi connectivity index (χ0) is 26.2. The molecule has 38 heavy (non-hydrogen) atoms. The number of halogens is 2. The average Bonchev–Trinajstić information content (AvgIpc) is 3.48. The first kappa shape index (κ1) is 25.4. The van der Waals surface area contributed by atoms with Crippen LogP contribution in [0.4, 0.5) is 8.78 Å². The van der Waals surface area contributed by atoms with Crippen molar-refractivity contribution in [1.29, 1.82) is 0 Å². The molecule has 4 heterocycles. The highest BCUT2D eigenvalue weighted by Crippen LogP contribution is 2.39. The van der Waals surface area contributed by atoms with Crippen LogP contribution in [0.1, 0.15) is 61.6 Å². The van der Waals surface area contributed by atoms with Crippen LogP contribution >= 0.6 is 0 Å². The number of carboxylic acids is 1. The highest BCUT2D eigenvalue weighted by Gasteiger charge is 2.41. The molecule has 1 aliphatic carbocycles. The van der Waals surface area contributed by atoms with E-state index in [1.807, 2.05) is 16.7 Å². The topological polar surface area (TPSA) is 61.1 Å². The van der Waals surface area contributed by atoms with Crippen molar-refractivity contribution in [1.82, 2.24) is 19.2 Å². The molecule has 6 nitrogen and oxygen atoms in total. The summed E-state index contributed by atoms with van der Waals surface area (Å²) in [7, 11) is 0. The van der Waals surface area contributed by atoms with Gasteiger partial charge < -0.3 is 14.4 Å². The summed E-state index contributed by atoms with van der Waals surface area (Å²) in [5.41, 5.74) is 2.79. The summed E-state index contributed by atoms with van der Waals surface area (Å²) in [4.78, 5) is 21.4. The number of aliphatic carboxylic acids is 1. The van der Waals surface area contributed by atoms with Gasteiger partial charge in [-0.25, -0.2) is 13.8 Å². The zero-order valence-corrected chi connectivity index (χ0v) is 21.7. The third-order valence-electron chi connectivity index (χ3n) is 9.25. The second kappa shape index (κ2) is 10.7. The fraction of sp³-hybridized carbons (Fsp3) is 0.533. The normalized spacial score (nSPS) is 24.6. The molecule has 202 valence electrons. The molecule has 1 unspecified atom stereocenters. The number of piperidine rings is 1. The Labute approximate surface area is 222 Å². The summed E-state index contributed by atoms with van der Waals surface area (Å²) >= 11 is 0. The third kappa shape index (κ3) is 5.21. The van der Waals surface area contributed by atoms with Gasteiger partial charge in [0.25, 0.3) is 0 Å². The van der Waals surface area contributed by atoms with E-state index in [2.05, 4.69) is 14.8 Å². The monoisotopic (exact) mass is 522 g/mol. The maximum atomic E-state index is 14.2. The Morgan fingerprint density at radius 1 is 1.05 bits per heavy atom. The fourth-order valence-electron chi connectivity index (χ4n) is 6.93. The second-order valence-electron chi connectivity index (χ2n) is 11.6. The first-order valence-electron chi connectivity index (χ1n) is 14.0. The molecule has 2 aliphatic heterocycles. The summed E-state index contributed by atoms with van der Waals surface area (Å²) in [6.07, 6.45) is 9.48. The smallest absolute Gasteiger partial charge is 0.320 e.